The van der Waals surface area contributed by atoms with Gasteiger partial charge in [-0.15, -0.1) is 0 Å². The third-order valence-corrected chi connectivity index (χ3v) is 2.31. The number of carbonyl (C=O) groups excluding carboxylic acids is 1. The first-order valence-corrected chi connectivity index (χ1v) is 5.82. The Bertz CT molecular complexity index is 650. The highest BCUT2D eigenvalue weighted by atomic mass is 16.6. The molecule has 0 aliphatic carbocycles. The number of nitrogens with zero attached hydrogens (tertiary/aromatic N) is 3. The average molecular weight is 278 g/mol. The number of aromatic amines is 1. The molecular formula is C12H14N4O4. The number of imidazole rings is 1. The number of rotatable bonds is 2. The van der Waals surface area contributed by atoms with Crippen LogP contribution in [0.3, 0.4) is 0 Å². The lowest BCUT2D eigenvalue weighted by atomic mass is 10.2. The summed E-state index contributed by atoms with van der Waals surface area (Å²) < 4.78 is 6.32. The molecule has 2 aromatic heterocycles. The van der Waals surface area contributed by atoms with Crippen LogP contribution >= 0.6 is 0 Å². The molecule has 2 rings (SSSR count). The van der Waals surface area contributed by atoms with Crippen molar-refractivity contribution in [1.29, 1.82) is 0 Å². The molecule has 0 saturated carbocycles. The Labute approximate surface area is 114 Å². The Morgan fingerprint density at radius 3 is 2.70 bits per heavy atom. The first kappa shape index (κ1) is 13.8. The normalized spacial score (nSPS) is 11.3. The van der Waals surface area contributed by atoms with Crippen LogP contribution in [-0.2, 0) is 4.74 Å². The molecule has 8 nitrogen and oxygen atoms in total. The van der Waals surface area contributed by atoms with Gasteiger partial charge in [0, 0.05) is 6.20 Å². The van der Waals surface area contributed by atoms with Crippen LogP contribution in [0.25, 0.3) is 11.4 Å². The highest BCUT2D eigenvalue weighted by Crippen LogP contribution is 2.19. The van der Waals surface area contributed by atoms with E-state index in [1.54, 1.807) is 20.8 Å². The van der Waals surface area contributed by atoms with E-state index < -0.39 is 17.7 Å². The van der Waals surface area contributed by atoms with Gasteiger partial charge in [-0.25, -0.2) is 19.1 Å². The Hall–Kier alpha value is -2.64. The Kier molecular flexibility index (Phi) is 3.31. The highest BCUT2D eigenvalue weighted by molar-refractivity contribution is 5.94. The fraction of sp³-hybridized carbons (Fsp3) is 0.333. The summed E-state index contributed by atoms with van der Waals surface area (Å²) in [7, 11) is 0. The number of hydrogen-bond donors (Lipinski definition) is 2. The zero-order chi connectivity index (χ0) is 14.9. The van der Waals surface area contributed by atoms with Gasteiger partial charge in [-0.2, -0.15) is 5.10 Å². The predicted molar refractivity (Wildman–Crippen MR) is 68.4 cm³/mol. The summed E-state index contributed by atoms with van der Waals surface area (Å²) >= 11 is 0. The van der Waals surface area contributed by atoms with E-state index >= 15 is 0 Å². The maximum Gasteiger partial charge on any atom is 0.419 e. The molecule has 0 fully saturated rings. The number of hydrogen-bond acceptors (Lipinski definition) is 5. The Morgan fingerprint density at radius 2 is 2.10 bits per heavy atom. The van der Waals surface area contributed by atoms with Crippen LogP contribution < -0.4 is 0 Å². The van der Waals surface area contributed by atoms with Crippen molar-refractivity contribution < 1.29 is 19.4 Å². The van der Waals surface area contributed by atoms with Crippen LogP contribution in [0.1, 0.15) is 31.1 Å². The lowest BCUT2D eigenvalue weighted by Crippen LogP contribution is -2.26. The molecule has 0 spiro atoms. The summed E-state index contributed by atoms with van der Waals surface area (Å²) in [4.78, 5) is 26.8. The second kappa shape index (κ2) is 4.80. The lowest BCUT2D eigenvalue weighted by Gasteiger charge is -2.18. The minimum atomic E-state index is -1.12. The first-order chi connectivity index (χ1) is 9.28. The molecule has 0 unspecified atom stereocenters. The van der Waals surface area contributed by atoms with Crippen molar-refractivity contribution in [2.75, 3.05) is 0 Å². The molecule has 20 heavy (non-hydrogen) atoms. The zero-order valence-electron chi connectivity index (χ0n) is 11.2. The maximum absolute atomic E-state index is 11.8. The van der Waals surface area contributed by atoms with Gasteiger partial charge < -0.3 is 9.84 Å². The molecule has 2 heterocycles. The summed E-state index contributed by atoms with van der Waals surface area (Å²) in [6.45, 7) is 5.25. The molecule has 0 atom stereocenters. The van der Waals surface area contributed by atoms with Crippen molar-refractivity contribution >= 4 is 12.1 Å². The van der Waals surface area contributed by atoms with Gasteiger partial charge in [-0.1, -0.05) is 0 Å². The molecule has 0 bridgehead atoms. The minimum Gasteiger partial charge on any atom is -0.478 e. The van der Waals surface area contributed by atoms with Crippen molar-refractivity contribution in [1.82, 2.24) is 19.7 Å². The van der Waals surface area contributed by atoms with Gasteiger partial charge in [0.15, 0.2) is 0 Å². The van der Waals surface area contributed by atoms with Crippen LogP contribution in [0.4, 0.5) is 4.79 Å². The SMILES string of the molecule is CC(C)(C)OC(=O)n1cnc(-c2[nH]ncc2C(=O)O)c1. The van der Waals surface area contributed by atoms with Crippen molar-refractivity contribution in [3.63, 3.8) is 0 Å². The van der Waals surface area contributed by atoms with Crippen LogP contribution in [0.2, 0.25) is 0 Å². The second-order valence-electron chi connectivity index (χ2n) is 5.11. The number of aromatic nitrogens is 4. The van der Waals surface area contributed by atoms with Gasteiger partial charge in [0.05, 0.1) is 11.9 Å². The number of ether oxygens (including phenoxy) is 1. The summed E-state index contributed by atoms with van der Waals surface area (Å²) in [6, 6.07) is 0. The van der Waals surface area contributed by atoms with E-state index in [-0.39, 0.29) is 11.3 Å². The fourth-order valence-electron chi connectivity index (χ4n) is 1.51. The van der Waals surface area contributed by atoms with Crippen molar-refractivity contribution in [3.05, 3.63) is 24.3 Å². The Balaban J connectivity index is 2.27. The first-order valence-electron chi connectivity index (χ1n) is 5.82. The zero-order valence-corrected chi connectivity index (χ0v) is 11.2. The molecule has 0 saturated heterocycles. The van der Waals surface area contributed by atoms with Crippen LogP contribution in [0.5, 0.6) is 0 Å². The van der Waals surface area contributed by atoms with E-state index in [0.29, 0.717) is 5.69 Å². The van der Waals surface area contributed by atoms with E-state index in [2.05, 4.69) is 15.2 Å². The molecule has 2 aromatic rings. The third kappa shape index (κ3) is 2.85. The van der Waals surface area contributed by atoms with E-state index in [4.69, 9.17) is 9.84 Å². The Morgan fingerprint density at radius 1 is 1.40 bits per heavy atom. The van der Waals surface area contributed by atoms with E-state index in [0.717, 1.165) is 4.57 Å². The van der Waals surface area contributed by atoms with Gasteiger partial charge in [0.2, 0.25) is 0 Å². The molecule has 8 heteroatoms. The number of nitrogens with one attached hydrogen (secondary N) is 1. The number of carbonyl (C=O) groups is 2. The van der Waals surface area contributed by atoms with Crippen molar-refractivity contribution in [2.24, 2.45) is 0 Å². The number of H-pyrrole nitrogens is 1. The highest BCUT2D eigenvalue weighted by Gasteiger charge is 2.20. The molecule has 0 aliphatic heterocycles. The van der Waals surface area contributed by atoms with Gasteiger partial charge in [0.1, 0.15) is 23.2 Å². The topological polar surface area (TPSA) is 110 Å². The molecule has 106 valence electrons. The fourth-order valence-corrected chi connectivity index (χ4v) is 1.51. The summed E-state index contributed by atoms with van der Waals surface area (Å²) in [6.07, 6.45) is 3.24. The number of carboxylic acid groups (broad SMARTS) is 1. The van der Waals surface area contributed by atoms with Crippen LogP contribution in [-0.4, -0.2) is 42.5 Å². The smallest absolute Gasteiger partial charge is 0.419 e. The van der Waals surface area contributed by atoms with E-state index in [1.807, 2.05) is 0 Å². The largest absolute Gasteiger partial charge is 0.478 e. The maximum atomic E-state index is 11.8. The molecule has 0 aromatic carbocycles. The monoisotopic (exact) mass is 278 g/mol. The van der Waals surface area contributed by atoms with Crippen LogP contribution in [0, 0.1) is 0 Å². The van der Waals surface area contributed by atoms with E-state index in [1.165, 1.54) is 18.7 Å². The van der Waals surface area contributed by atoms with Crippen molar-refractivity contribution in [2.45, 2.75) is 26.4 Å². The van der Waals surface area contributed by atoms with Gasteiger partial charge in [-0.05, 0) is 20.8 Å². The second-order valence-corrected chi connectivity index (χ2v) is 5.11. The molecular weight excluding hydrogens is 264 g/mol. The van der Waals surface area contributed by atoms with Crippen molar-refractivity contribution in [3.8, 4) is 11.4 Å². The minimum absolute atomic E-state index is 0.0144. The molecule has 0 aliphatic rings. The van der Waals surface area contributed by atoms with Gasteiger partial charge in [0.25, 0.3) is 0 Å². The van der Waals surface area contributed by atoms with E-state index in [9.17, 15) is 9.59 Å². The molecule has 2 N–H and O–H groups in total. The quantitative estimate of drug-likeness (QED) is 0.865. The standard InChI is InChI=1S/C12H14N4O4/c1-12(2,3)20-11(19)16-5-8(13-6-16)9-7(10(17)18)4-14-15-9/h4-6H,1-3H3,(H,14,15)(H,17,18). The predicted octanol–water partition coefficient (Wildman–Crippen LogP) is 1.75. The number of carboxylic acids is 1. The molecule has 0 amide bonds. The van der Waals surface area contributed by atoms with Gasteiger partial charge in [-0.3, -0.25) is 5.10 Å². The number of aromatic carboxylic acids is 1. The summed E-state index contributed by atoms with van der Waals surface area (Å²) in [5.74, 6) is -1.12. The third-order valence-electron chi connectivity index (χ3n) is 2.31. The lowest BCUT2D eigenvalue weighted by molar-refractivity contribution is 0.0536. The van der Waals surface area contributed by atoms with Crippen LogP contribution in [0.15, 0.2) is 18.7 Å². The summed E-state index contributed by atoms with van der Waals surface area (Å²) in [5.41, 5.74) is -0.105. The summed E-state index contributed by atoms with van der Waals surface area (Å²) in [5, 5.41) is 15.2. The molecule has 0 radical (unpaired) electrons. The average Bonchev–Trinajstić information content (AvgIpc) is 2.95. The van der Waals surface area contributed by atoms with Gasteiger partial charge >= 0.3 is 12.1 Å².